The largest absolute Gasteiger partial charge is 0.497 e. The first-order valence-electron chi connectivity index (χ1n) is 4.85. The summed E-state index contributed by atoms with van der Waals surface area (Å²) in [5.74, 6) is 0.818. The van der Waals surface area contributed by atoms with Gasteiger partial charge in [0.1, 0.15) is 5.75 Å². The summed E-state index contributed by atoms with van der Waals surface area (Å²) in [6.07, 6.45) is 0. The first kappa shape index (κ1) is 10.9. The van der Waals surface area contributed by atoms with Gasteiger partial charge in [-0.3, -0.25) is 0 Å². The zero-order valence-electron chi connectivity index (χ0n) is 9.07. The van der Waals surface area contributed by atoms with Crippen molar-refractivity contribution in [2.24, 2.45) is 0 Å². The second-order valence-electron chi connectivity index (χ2n) is 3.42. The van der Waals surface area contributed by atoms with E-state index in [0.717, 1.165) is 22.6 Å². The highest BCUT2D eigenvalue weighted by Gasteiger charge is 2.05. The van der Waals surface area contributed by atoms with Crippen LogP contribution >= 0.6 is 11.6 Å². The van der Waals surface area contributed by atoms with Gasteiger partial charge in [0, 0.05) is 5.56 Å². The number of benzene rings is 1. The number of hydrogen-bond acceptors (Lipinski definition) is 3. The van der Waals surface area contributed by atoms with Crippen molar-refractivity contribution in [3.63, 3.8) is 0 Å². The molecular weight excluding hydrogens is 224 g/mol. The molecule has 0 radical (unpaired) electrons. The van der Waals surface area contributed by atoms with Crippen LogP contribution in [-0.4, -0.2) is 17.3 Å². The van der Waals surface area contributed by atoms with E-state index in [1.807, 2.05) is 37.3 Å². The standard InChI is InChI=1S/C12H11ClN2O/c1-8-7-11(12(13)15-14-8)9-3-5-10(16-2)6-4-9/h3-7H,1-2H3. The van der Waals surface area contributed by atoms with Crippen LogP contribution in [0.3, 0.4) is 0 Å². The highest BCUT2D eigenvalue weighted by Crippen LogP contribution is 2.27. The number of halogens is 1. The van der Waals surface area contributed by atoms with Crippen molar-refractivity contribution in [2.75, 3.05) is 7.11 Å². The molecule has 0 fully saturated rings. The minimum atomic E-state index is 0.413. The predicted molar refractivity (Wildman–Crippen MR) is 63.8 cm³/mol. The molecule has 0 spiro atoms. The number of hydrogen-bond donors (Lipinski definition) is 0. The van der Waals surface area contributed by atoms with Gasteiger partial charge in [0.25, 0.3) is 0 Å². The van der Waals surface area contributed by atoms with Gasteiger partial charge >= 0.3 is 0 Å². The van der Waals surface area contributed by atoms with Gasteiger partial charge in [-0.1, -0.05) is 23.7 Å². The number of nitrogens with zero attached hydrogens (tertiary/aromatic N) is 2. The normalized spacial score (nSPS) is 10.2. The summed E-state index contributed by atoms with van der Waals surface area (Å²) in [4.78, 5) is 0. The summed E-state index contributed by atoms with van der Waals surface area (Å²) in [7, 11) is 1.64. The first-order valence-corrected chi connectivity index (χ1v) is 5.23. The van der Waals surface area contributed by atoms with Crippen molar-refractivity contribution in [3.05, 3.63) is 41.2 Å². The topological polar surface area (TPSA) is 35.0 Å². The van der Waals surface area contributed by atoms with E-state index in [1.54, 1.807) is 7.11 Å². The van der Waals surface area contributed by atoms with Crippen molar-refractivity contribution in [2.45, 2.75) is 6.92 Å². The van der Waals surface area contributed by atoms with Crippen LogP contribution < -0.4 is 4.74 Å². The Kier molecular flexibility index (Phi) is 3.06. The minimum Gasteiger partial charge on any atom is -0.497 e. The van der Waals surface area contributed by atoms with Crippen LogP contribution in [0.1, 0.15) is 5.69 Å². The molecule has 0 amide bonds. The fourth-order valence-corrected chi connectivity index (χ4v) is 1.65. The Balaban J connectivity index is 2.45. The lowest BCUT2D eigenvalue weighted by Gasteiger charge is -2.05. The summed E-state index contributed by atoms with van der Waals surface area (Å²) in [6.45, 7) is 1.89. The van der Waals surface area contributed by atoms with Crippen LogP contribution in [0.4, 0.5) is 0 Å². The molecule has 16 heavy (non-hydrogen) atoms. The Morgan fingerprint density at radius 2 is 1.81 bits per heavy atom. The van der Waals surface area contributed by atoms with Gasteiger partial charge in [0.15, 0.2) is 5.15 Å². The van der Waals surface area contributed by atoms with E-state index in [1.165, 1.54) is 0 Å². The average Bonchev–Trinajstić information content (AvgIpc) is 2.32. The van der Waals surface area contributed by atoms with Crippen LogP contribution in [-0.2, 0) is 0 Å². The summed E-state index contributed by atoms with van der Waals surface area (Å²) in [5.41, 5.74) is 2.73. The quantitative estimate of drug-likeness (QED) is 0.801. The van der Waals surface area contributed by atoms with Gasteiger partial charge < -0.3 is 4.74 Å². The van der Waals surface area contributed by atoms with Crippen molar-refractivity contribution >= 4 is 11.6 Å². The van der Waals surface area contributed by atoms with E-state index >= 15 is 0 Å². The lowest BCUT2D eigenvalue weighted by molar-refractivity contribution is 0.415. The third-order valence-corrected chi connectivity index (χ3v) is 2.55. The van der Waals surface area contributed by atoms with Gasteiger partial charge in [0.2, 0.25) is 0 Å². The molecule has 0 aliphatic heterocycles. The number of aromatic nitrogens is 2. The molecule has 0 aliphatic rings. The van der Waals surface area contributed by atoms with Gasteiger partial charge in [-0.25, -0.2) is 0 Å². The molecule has 2 rings (SSSR count). The highest BCUT2D eigenvalue weighted by molar-refractivity contribution is 6.32. The molecule has 0 aliphatic carbocycles. The molecule has 1 heterocycles. The maximum absolute atomic E-state index is 6.00. The molecule has 4 heteroatoms. The lowest BCUT2D eigenvalue weighted by Crippen LogP contribution is -1.90. The molecule has 0 atom stereocenters. The van der Waals surface area contributed by atoms with Crippen LogP contribution in [0.5, 0.6) is 5.75 Å². The highest BCUT2D eigenvalue weighted by atomic mass is 35.5. The third kappa shape index (κ3) is 2.14. The maximum Gasteiger partial charge on any atom is 0.159 e. The van der Waals surface area contributed by atoms with E-state index in [9.17, 15) is 0 Å². The van der Waals surface area contributed by atoms with Crippen LogP contribution in [0.25, 0.3) is 11.1 Å². The van der Waals surface area contributed by atoms with Crippen molar-refractivity contribution in [1.29, 1.82) is 0 Å². The lowest BCUT2D eigenvalue weighted by atomic mass is 10.1. The molecule has 0 unspecified atom stereocenters. The van der Waals surface area contributed by atoms with Crippen LogP contribution in [0, 0.1) is 6.92 Å². The summed E-state index contributed by atoms with van der Waals surface area (Å²) < 4.78 is 5.10. The van der Waals surface area contributed by atoms with E-state index in [0.29, 0.717) is 5.15 Å². The number of ether oxygens (including phenoxy) is 1. The predicted octanol–water partition coefficient (Wildman–Crippen LogP) is 3.11. The van der Waals surface area contributed by atoms with E-state index < -0.39 is 0 Å². The molecule has 0 N–H and O–H groups in total. The Labute approximate surface area is 99.0 Å². The number of methoxy groups -OCH3 is 1. The van der Waals surface area contributed by atoms with E-state index in [2.05, 4.69) is 10.2 Å². The number of rotatable bonds is 2. The molecule has 1 aromatic carbocycles. The Hall–Kier alpha value is -1.61. The van der Waals surface area contributed by atoms with Crippen LogP contribution in [0.2, 0.25) is 5.15 Å². The molecule has 1 aromatic heterocycles. The van der Waals surface area contributed by atoms with Gasteiger partial charge in [-0.05, 0) is 30.7 Å². The van der Waals surface area contributed by atoms with Crippen molar-refractivity contribution < 1.29 is 4.74 Å². The summed E-state index contributed by atoms with van der Waals surface area (Å²) >= 11 is 6.00. The molecule has 82 valence electrons. The second kappa shape index (κ2) is 4.49. The first-order chi connectivity index (χ1) is 7.70. The van der Waals surface area contributed by atoms with Crippen LogP contribution in [0.15, 0.2) is 30.3 Å². The molecular formula is C12H11ClN2O. The zero-order chi connectivity index (χ0) is 11.5. The Morgan fingerprint density at radius 1 is 1.12 bits per heavy atom. The smallest absolute Gasteiger partial charge is 0.159 e. The van der Waals surface area contributed by atoms with Gasteiger partial charge in [-0.15, -0.1) is 5.10 Å². The molecule has 0 bridgehead atoms. The Bertz CT molecular complexity index is 497. The fraction of sp³-hybridized carbons (Fsp3) is 0.167. The van der Waals surface area contributed by atoms with Gasteiger partial charge in [0.05, 0.1) is 12.8 Å². The minimum absolute atomic E-state index is 0.413. The average molecular weight is 235 g/mol. The monoisotopic (exact) mass is 234 g/mol. The summed E-state index contributed by atoms with van der Waals surface area (Å²) in [6, 6.07) is 9.59. The van der Waals surface area contributed by atoms with Crippen molar-refractivity contribution in [3.8, 4) is 16.9 Å². The SMILES string of the molecule is COc1ccc(-c2cc(C)nnc2Cl)cc1. The molecule has 2 aromatic rings. The second-order valence-corrected chi connectivity index (χ2v) is 3.78. The summed E-state index contributed by atoms with van der Waals surface area (Å²) in [5, 5.41) is 8.19. The number of aryl methyl sites for hydroxylation is 1. The maximum atomic E-state index is 6.00. The van der Waals surface area contributed by atoms with Crippen molar-refractivity contribution in [1.82, 2.24) is 10.2 Å². The zero-order valence-corrected chi connectivity index (χ0v) is 9.82. The molecule has 0 saturated carbocycles. The molecule has 0 saturated heterocycles. The van der Waals surface area contributed by atoms with E-state index in [-0.39, 0.29) is 0 Å². The molecule has 3 nitrogen and oxygen atoms in total. The fourth-order valence-electron chi connectivity index (χ4n) is 1.45. The van der Waals surface area contributed by atoms with E-state index in [4.69, 9.17) is 16.3 Å². The third-order valence-electron chi connectivity index (χ3n) is 2.27. The van der Waals surface area contributed by atoms with Gasteiger partial charge in [-0.2, -0.15) is 5.10 Å². The Morgan fingerprint density at radius 3 is 2.44 bits per heavy atom.